The van der Waals surface area contributed by atoms with Gasteiger partial charge in [0.2, 0.25) is 0 Å². The van der Waals surface area contributed by atoms with Crippen LogP contribution in [0.4, 0.5) is 9.59 Å². The Morgan fingerprint density at radius 2 is 0.798 bits per heavy atom. The molecule has 5 unspecified atom stereocenters. The van der Waals surface area contributed by atoms with E-state index in [1.807, 2.05) is 48.5 Å². The van der Waals surface area contributed by atoms with Gasteiger partial charge in [-0.25, -0.2) is 9.59 Å². The number of esters is 4. The van der Waals surface area contributed by atoms with E-state index in [-0.39, 0.29) is 111 Å². The van der Waals surface area contributed by atoms with Crippen molar-refractivity contribution in [2.75, 3.05) is 106 Å². The predicted molar refractivity (Wildman–Crippen MR) is 330 cm³/mol. The summed E-state index contributed by atoms with van der Waals surface area (Å²) < 4.78 is 61.9. The van der Waals surface area contributed by atoms with Crippen LogP contribution in [0.2, 0.25) is 0 Å². The molecule has 0 saturated carbocycles. The normalized spacial score (nSPS) is 14.9. The molecular formula is C65H104N2O22. The van der Waals surface area contributed by atoms with Crippen molar-refractivity contribution in [3.05, 3.63) is 59.7 Å². The number of carbonyl (C=O) groups excluding carboxylic acids is 8. The van der Waals surface area contributed by atoms with Crippen molar-refractivity contribution in [2.24, 2.45) is 23.2 Å². The number of ether oxygens (including phenoxy) is 12. The van der Waals surface area contributed by atoms with Gasteiger partial charge in [0.05, 0.1) is 75.9 Å². The Labute approximate surface area is 526 Å². The maximum absolute atomic E-state index is 11.9. The number of rotatable bonds is 40. The number of unbranched alkanes of at least 4 members (excludes halogenated alkanes) is 2. The van der Waals surface area contributed by atoms with Crippen LogP contribution in [0.3, 0.4) is 0 Å². The van der Waals surface area contributed by atoms with E-state index in [0.29, 0.717) is 80.7 Å². The molecule has 2 fully saturated rings. The summed E-state index contributed by atoms with van der Waals surface area (Å²) in [5.74, 6) is -0.824. The van der Waals surface area contributed by atoms with E-state index < -0.39 is 23.4 Å². The lowest BCUT2D eigenvalue weighted by atomic mass is 9.91. The van der Waals surface area contributed by atoms with Gasteiger partial charge in [0.1, 0.15) is 74.6 Å². The lowest BCUT2D eigenvalue weighted by Gasteiger charge is -2.20. The van der Waals surface area contributed by atoms with Crippen molar-refractivity contribution in [3.63, 3.8) is 0 Å². The highest BCUT2D eigenvalue weighted by Gasteiger charge is 2.28. The number of hydrogen-bond donors (Lipinski definition) is 4. The second kappa shape index (κ2) is 44.9. The number of aliphatic hydroxyl groups is 2. The minimum absolute atomic E-state index is 0.0169. The standard InChI is InChI=1S/2C20H29NO7.C13H24O4.C12H22O4/c2*1-5-14(2)18(23)27-11-10-21-19(24)28-13-12-26-16-8-6-15(7-9-16)17(22)20(3,4)25;1-4-13(2,3)12(14)16-8-6-5-7-15-9-11-10-17-11;1-3-10(2)12(13)15-7-5-4-6-14-8-11-9-16-11/h2*6-9,14,25H,5,10-13H2,1-4H3,(H,21,24);11H,4-10H2,1-3H3;10-11H,3-9H2,1-2H3. The second-order valence-corrected chi connectivity index (χ2v) is 22.9. The van der Waals surface area contributed by atoms with Crippen molar-refractivity contribution < 1.29 is 105 Å². The Morgan fingerprint density at radius 1 is 0.472 bits per heavy atom. The minimum atomic E-state index is -1.43. The summed E-state index contributed by atoms with van der Waals surface area (Å²) >= 11 is 0. The van der Waals surface area contributed by atoms with Crippen molar-refractivity contribution in [1.29, 1.82) is 0 Å². The summed E-state index contributed by atoms with van der Waals surface area (Å²) in [7, 11) is 0. The van der Waals surface area contributed by atoms with E-state index in [1.54, 1.807) is 62.4 Å². The first-order chi connectivity index (χ1) is 42.1. The second-order valence-electron chi connectivity index (χ2n) is 22.9. The fraction of sp³-hybridized carbons (Fsp3) is 0.692. The summed E-state index contributed by atoms with van der Waals surface area (Å²) in [6, 6.07) is 12.6. The highest BCUT2D eigenvalue weighted by molar-refractivity contribution is 6.02. The molecule has 0 radical (unpaired) electrons. The van der Waals surface area contributed by atoms with Crippen LogP contribution in [0.1, 0.15) is 162 Å². The molecule has 2 aliphatic heterocycles. The molecule has 2 saturated heterocycles. The van der Waals surface area contributed by atoms with Gasteiger partial charge in [0.25, 0.3) is 0 Å². The molecule has 2 aliphatic rings. The summed E-state index contributed by atoms with van der Waals surface area (Å²) in [5.41, 5.74) is -2.47. The summed E-state index contributed by atoms with van der Waals surface area (Å²) in [6.07, 6.45) is 6.03. The van der Waals surface area contributed by atoms with E-state index in [0.717, 1.165) is 58.3 Å². The SMILES string of the molecule is CCC(C)(C)C(=O)OCCCCOCC1CO1.CCC(C)C(=O)OCCCCOCC1CO1.CCC(C)C(=O)OCCNC(=O)OCCOc1ccc(C(=O)C(C)(C)O)cc1.CCC(C)C(=O)OCCNC(=O)OCCOc1ccc(C(=O)C(C)(C)O)cc1. The van der Waals surface area contributed by atoms with Crippen LogP contribution < -0.4 is 20.1 Å². The molecule has 24 heteroatoms. The Kier molecular flexibility index (Phi) is 40.7. The number of carbonyl (C=O) groups is 8. The Morgan fingerprint density at radius 3 is 1.11 bits per heavy atom. The van der Waals surface area contributed by atoms with Crippen LogP contribution in [0.15, 0.2) is 48.5 Å². The van der Waals surface area contributed by atoms with Gasteiger partial charge in [-0.1, -0.05) is 48.5 Å². The van der Waals surface area contributed by atoms with Gasteiger partial charge < -0.3 is 77.7 Å². The van der Waals surface area contributed by atoms with E-state index in [4.69, 9.17) is 56.8 Å². The number of epoxide rings is 2. The fourth-order valence-corrected chi connectivity index (χ4v) is 6.39. The Hall–Kier alpha value is -6.44. The molecule has 506 valence electrons. The minimum Gasteiger partial charge on any atom is -0.490 e. The maximum Gasteiger partial charge on any atom is 0.407 e. The van der Waals surface area contributed by atoms with Gasteiger partial charge in [-0.2, -0.15) is 0 Å². The first-order valence-corrected chi connectivity index (χ1v) is 31.0. The third-order valence-corrected chi connectivity index (χ3v) is 13.5. The van der Waals surface area contributed by atoms with Gasteiger partial charge in [0, 0.05) is 24.3 Å². The molecule has 24 nitrogen and oxygen atoms in total. The van der Waals surface area contributed by atoms with Gasteiger partial charge in [-0.05, 0) is 141 Å². The molecule has 5 atom stereocenters. The first-order valence-electron chi connectivity index (χ1n) is 31.0. The van der Waals surface area contributed by atoms with Gasteiger partial charge in [-0.15, -0.1) is 0 Å². The zero-order valence-corrected chi connectivity index (χ0v) is 55.0. The highest BCUT2D eigenvalue weighted by Crippen LogP contribution is 2.22. The third-order valence-electron chi connectivity index (χ3n) is 13.5. The number of Topliss-reactive ketones (excluding diaryl/α,β-unsaturated/α-hetero) is 2. The molecule has 4 N–H and O–H groups in total. The largest absolute Gasteiger partial charge is 0.490 e. The molecule has 4 rings (SSSR count). The molecule has 2 heterocycles. The highest BCUT2D eigenvalue weighted by atomic mass is 16.6. The Balaban J connectivity index is 0.000000611. The summed E-state index contributed by atoms with van der Waals surface area (Å²) in [4.78, 5) is 92.7. The molecule has 0 bridgehead atoms. The molecule has 2 aromatic carbocycles. The topological polar surface area (TPSA) is 318 Å². The first kappa shape index (κ1) is 80.6. The average Bonchev–Trinajstić information content (AvgIpc) is 4.05. The number of alkyl carbamates (subject to hydrolysis) is 2. The van der Waals surface area contributed by atoms with E-state index >= 15 is 0 Å². The van der Waals surface area contributed by atoms with Crippen LogP contribution in [0.25, 0.3) is 0 Å². The van der Waals surface area contributed by atoms with Crippen molar-refractivity contribution in [2.45, 2.75) is 165 Å². The molecule has 2 aromatic rings. The molecule has 89 heavy (non-hydrogen) atoms. The number of amides is 2. The average molecular weight is 1270 g/mol. The van der Waals surface area contributed by atoms with Gasteiger partial charge in [-0.3, -0.25) is 28.8 Å². The van der Waals surface area contributed by atoms with E-state index in [9.17, 15) is 48.6 Å². The predicted octanol–water partition coefficient (Wildman–Crippen LogP) is 8.60. The zero-order chi connectivity index (χ0) is 66.8. The molecule has 2 amide bonds. The molecule has 0 aromatic heterocycles. The van der Waals surface area contributed by atoms with Gasteiger partial charge in [0.15, 0.2) is 11.6 Å². The van der Waals surface area contributed by atoms with E-state index in [1.165, 1.54) is 27.7 Å². The van der Waals surface area contributed by atoms with Gasteiger partial charge >= 0.3 is 36.1 Å². The summed E-state index contributed by atoms with van der Waals surface area (Å²) in [5, 5.41) is 24.4. The quantitative estimate of drug-likeness (QED) is 0.0159. The Bertz CT molecular complexity index is 2230. The van der Waals surface area contributed by atoms with Crippen LogP contribution in [0.5, 0.6) is 11.5 Å². The van der Waals surface area contributed by atoms with E-state index in [2.05, 4.69) is 10.6 Å². The third kappa shape index (κ3) is 39.3. The number of nitrogens with one attached hydrogen (secondary N) is 2. The summed E-state index contributed by atoms with van der Waals surface area (Å²) in [6.45, 7) is 29.1. The fourth-order valence-electron chi connectivity index (χ4n) is 6.39. The molecular weight excluding hydrogens is 1160 g/mol. The lowest BCUT2D eigenvalue weighted by molar-refractivity contribution is -0.154. The molecule has 0 spiro atoms. The van der Waals surface area contributed by atoms with Crippen molar-refractivity contribution >= 4 is 47.6 Å². The zero-order valence-electron chi connectivity index (χ0n) is 55.0. The maximum atomic E-state index is 11.9. The smallest absolute Gasteiger partial charge is 0.407 e. The lowest BCUT2D eigenvalue weighted by Crippen LogP contribution is -2.31. The number of hydrogen-bond acceptors (Lipinski definition) is 22. The monoisotopic (exact) mass is 1260 g/mol. The number of benzene rings is 2. The van der Waals surface area contributed by atoms with Crippen LogP contribution in [-0.4, -0.2) is 187 Å². The molecule has 0 aliphatic carbocycles. The van der Waals surface area contributed by atoms with Crippen LogP contribution in [0, 0.1) is 23.2 Å². The van der Waals surface area contributed by atoms with Crippen LogP contribution in [-0.2, 0) is 66.5 Å². The van der Waals surface area contributed by atoms with Crippen molar-refractivity contribution in [1.82, 2.24) is 10.6 Å². The van der Waals surface area contributed by atoms with Crippen molar-refractivity contribution in [3.8, 4) is 11.5 Å². The van der Waals surface area contributed by atoms with Crippen LogP contribution >= 0.6 is 0 Å². The number of ketones is 2.